The fraction of sp³-hybridized carbons (Fsp3) is 1.00. The van der Waals surface area contributed by atoms with Crippen molar-refractivity contribution in [2.45, 2.75) is 61.3 Å². The molecule has 0 radical (unpaired) electrons. The minimum absolute atomic E-state index is 0. The molecule has 70 valence electrons. The van der Waals surface area contributed by atoms with E-state index in [2.05, 4.69) is 34.6 Å². The van der Waals surface area contributed by atoms with Crippen molar-refractivity contribution >= 4 is 0 Å². The van der Waals surface area contributed by atoms with E-state index in [-0.39, 0.29) is 7.43 Å². The van der Waals surface area contributed by atoms with Gasteiger partial charge in [-0.3, -0.25) is 0 Å². The summed E-state index contributed by atoms with van der Waals surface area (Å²) in [6.07, 6.45) is 4.05. The Morgan fingerprint density at radius 1 is 1.09 bits per heavy atom. The van der Waals surface area contributed by atoms with Crippen LogP contribution in [0.25, 0.3) is 0 Å². The molecular weight excluding hydrogens is 132 g/mol. The molecule has 0 aromatic rings. The van der Waals surface area contributed by atoms with E-state index in [1.54, 1.807) is 0 Å². The first-order chi connectivity index (χ1) is 4.52. The summed E-state index contributed by atoms with van der Waals surface area (Å²) < 4.78 is 0. The quantitative estimate of drug-likeness (QED) is 0.567. The zero-order chi connectivity index (χ0) is 8.20. The molecule has 0 aromatic heterocycles. The average Bonchev–Trinajstić information content (AvgIpc) is 1.80. The Morgan fingerprint density at radius 2 is 1.55 bits per heavy atom. The van der Waals surface area contributed by atoms with E-state index in [0.717, 1.165) is 5.92 Å². The van der Waals surface area contributed by atoms with Crippen molar-refractivity contribution in [1.82, 2.24) is 0 Å². The lowest BCUT2D eigenvalue weighted by molar-refractivity contribution is 0.217. The summed E-state index contributed by atoms with van der Waals surface area (Å²) >= 11 is 0. The number of hydrogen-bond donors (Lipinski definition) is 0. The monoisotopic (exact) mass is 158 g/mol. The van der Waals surface area contributed by atoms with Crippen LogP contribution in [0.4, 0.5) is 0 Å². The third kappa shape index (κ3) is 5.29. The predicted molar refractivity (Wildman–Crippen MR) is 54.9 cm³/mol. The molecule has 0 saturated carbocycles. The molecule has 0 spiro atoms. The molecule has 0 N–H and O–H groups in total. The second kappa shape index (κ2) is 5.62. The second-order valence-electron chi connectivity index (χ2n) is 4.26. The lowest BCUT2D eigenvalue weighted by Gasteiger charge is -2.29. The molecule has 0 amide bonds. The molecule has 0 heterocycles. The zero-order valence-electron chi connectivity index (χ0n) is 8.20. The molecule has 0 saturated heterocycles. The molecule has 1 unspecified atom stereocenters. The maximum Gasteiger partial charge on any atom is -0.0354 e. The first kappa shape index (κ1) is 13.6. The van der Waals surface area contributed by atoms with Gasteiger partial charge >= 0.3 is 0 Å². The average molecular weight is 158 g/mol. The lowest BCUT2D eigenvalue weighted by atomic mass is 9.77. The van der Waals surface area contributed by atoms with Crippen molar-refractivity contribution in [2.24, 2.45) is 11.3 Å². The van der Waals surface area contributed by atoms with E-state index in [4.69, 9.17) is 0 Å². The number of rotatable bonds is 3. The molecule has 0 nitrogen and oxygen atoms in total. The summed E-state index contributed by atoms with van der Waals surface area (Å²) in [5, 5.41) is 0. The molecule has 0 fully saturated rings. The Balaban J connectivity index is 0. The van der Waals surface area contributed by atoms with Gasteiger partial charge in [-0.15, -0.1) is 0 Å². The molecule has 1 atom stereocenters. The molecule has 0 aromatic carbocycles. The standard InChI is InChI=1S/C10H22.CH4/c1-6-8-9(7-2)10(3,4)5;/h9H,6-8H2,1-5H3;1H4. The van der Waals surface area contributed by atoms with Crippen LogP contribution in [0.3, 0.4) is 0 Å². The van der Waals surface area contributed by atoms with Crippen LogP contribution in [0.15, 0.2) is 0 Å². The minimum Gasteiger partial charge on any atom is -0.0776 e. The van der Waals surface area contributed by atoms with Gasteiger partial charge < -0.3 is 0 Å². The molecule has 0 aliphatic rings. The van der Waals surface area contributed by atoms with Gasteiger partial charge in [-0.25, -0.2) is 0 Å². The topological polar surface area (TPSA) is 0 Å². The summed E-state index contributed by atoms with van der Waals surface area (Å²) in [6.45, 7) is 11.6. The van der Waals surface area contributed by atoms with E-state index in [1.807, 2.05) is 0 Å². The van der Waals surface area contributed by atoms with Gasteiger partial charge in [0.1, 0.15) is 0 Å². The predicted octanol–water partition coefficient (Wildman–Crippen LogP) is 4.49. The van der Waals surface area contributed by atoms with E-state index < -0.39 is 0 Å². The summed E-state index contributed by atoms with van der Waals surface area (Å²) in [5.74, 6) is 0.914. The van der Waals surface area contributed by atoms with Crippen LogP contribution in [0.1, 0.15) is 61.3 Å². The van der Waals surface area contributed by atoms with Crippen LogP contribution < -0.4 is 0 Å². The Morgan fingerprint density at radius 3 is 1.64 bits per heavy atom. The van der Waals surface area contributed by atoms with Crippen LogP contribution >= 0.6 is 0 Å². The van der Waals surface area contributed by atoms with Crippen LogP contribution in [0.2, 0.25) is 0 Å². The molecule has 0 aliphatic heterocycles. The second-order valence-corrected chi connectivity index (χ2v) is 4.26. The van der Waals surface area contributed by atoms with Crippen LogP contribution in [-0.2, 0) is 0 Å². The highest BCUT2D eigenvalue weighted by molar-refractivity contribution is 4.71. The third-order valence-electron chi connectivity index (χ3n) is 2.35. The highest BCUT2D eigenvalue weighted by Crippen LogP contribution is 2.31. The normalized spacial score (nSPS) is 13.9. The lowest BCUT2D eigenvalue weighted by Crippen LogP contribution is -2.19. The first-order valence-corrected chi connectivity index (χ1v) is 4.52. The summed E-state index contributed by atoms with van der Waals surface area (Å²) in [6, 6.07) is 0. The SMILES string of the molecule is C.CCCC(CC)C(C)(C)C. The largest absolute Gasteiger partial charge is 0.0776 e. The first-order valence-electron chi connectivity index (χ1n) is 4.52. The van der Waals surface area contributed by atoms with Gasteiger partial charge in [-0.05, 0) is 11.3 Å². The third-order valence-corrected chi connectivity index (χ3v) is 2.35. The van der Waals surface area contributed by atoms with Gasteiger partial charge in [-0.2, -0.15) is 0 Å². The van der Waals surface area contributed by atoms with Crippen molar-refractivity contribution in [3.63, 3.8) is 0 Å². The minimum atomic E-state index is 0. The molecule has 11 heavy (non-hydrogen) atoms. The molecular formula is C11H26. The maximum atomic E-state index is 2.34. The summed E-state index contributed by atoms with van der Waals surface area (Å²) in [4.78, 5) is 0. The Labute approximate surface area is 73.4 Å². The Hall–Kier alpha value is 0. The van der Waals surface area contributed by atoms with Crippen LogP contribution in [0, 0.1) is 11.3 Å². The Kier molecular flexibility index (Phi) is 6.94. The van der Waals surface area contributed by atoms with E-state index >= 15 is 0 Å². The Bertz CT molecular complexity index is 76.5. The van der Waals surface area contributed by atoms with Crippen molar-refractivity contribution in [3.05, 3.63) is 0 Å². The van der Waals surface area contributed by atoms with E-state index in [1.165, 1.54) is 19.3 Å². The van der Waals surface area contributed by atoms with E-state index in [9.17, 15) is 0 Å². The smallest absolute Gasteiger partial charge is 0.0354 e. The van der Waals surface area contributed by atoms with Crippen molar-refractivity contribution < 1.29 is 0 Å². The highest BCUT2D eigenvalue weighted by Gasteiger charge is 2.21. The molecule has 0 rings (SSSR count). The fourth-order valence-corrected chi connectivity index (χ4v) is 1.60. The maximum absolute atomic E-state index is 2.34. The highest BCUT2D eigenvalue weighted by atomic mass is 14.3. The number of hydrogen-bond acceptors (Lipinski definition) is 0. The van der Waals surface area contributed by atoms with Crippen molar-refractivity contribution in [1.29, 1.82) is 0 Å². The van der Waals surface area contributed by atoms with Crippen molar-refractivity contribution in [3.8, 4) is 0 Å². The van der Waals surface area contributed by atoms with Gasteiger partial charge in [-0.1, -0.05) is 61.3 Å². The van der Waals surface area contributed by atoms with Gasteiger partial charge in [0.2, 0.25) is 0 Å². The van der Waals surface area contributed by atoms with Crippen molar-refractivity contribution in [2.75, 3.05) is 0 Å². The van der Waals surface area contributed by atoms with E-state index in [0.29, 0.717) is 5.41 Å². The fourth-order valence-electron chi connectivity index (χ4n) is 1.60. The molecule has 0 bridgehead atoms. The van der Waals surface area contributed by atoms with Crippen LogP contribution in [0.5, 0.6) is 0 Å². The molecule has 0 aliphatic carbocycles. The van der Waals surface area contributed by atoms with Gasteiger partial charge in [0.25, 0.3) is 0 Å². The molecule has 0 heteroatoms. The van der Waals surface area contributed by atoms with Gasteiger partial charge in [0.05, 0.1) is 0 Å². The zero-order valence-corrected chi connectivity index (χ0v) is 8.20. The summed E-state index contributed by atoms with van der Waals surface area (Å²) in [5.41, 5.74) is 0.519. The van der Waals surface area contributed by atoms with Gasteiger partial charge in [0, 0.05) is 0 Å². The van der Waals surface area contributed by atoms with Gasteiger partial charge in [0.15, 0.2) is 0 Å². The summed E-state index contributed by atoms with van der Waals surface area (Å²) in [7, 11) is 0. The van der Waals surface area contributed by atoms with Crippen LogP contribution in [-0.4, -0.2) is 0 Å².